The molecule has 0 aromatic carbocycles. The van der Waals surface area contributed by atoms with Crippen LogP contribution in [0.5, 0.6) is 0 Å². The van der Waals surface area contributed by atoms with Crippen LogP contribution in [0.4, 0.5) is 0 Å². The fourth-order valence-electron chi connectivity index (χ4n) is 2.31. The topological polar surface area (TPSA) is 46.2 Å². The highest BCUT2D eigenvalue weighted by molar-refractivity contribution is 5.13. The maximum atomic E-state index is 5.72. The highest BCUT2D eigenvalue weighted by Gasteiger charge is 2.48. The molecule has 0 aromatic rings. The largest absolute Gasteiger partial charge is 0.463 e. The van der Waals surface area contributed by atoms with E-state index in [1.165, 1.54) is 0 Å². The van der Waals surface area contributed by atoms with Crippen LogP contribution in [0.1, 0.15) is 27.7 Å². The van der Waals surface area contributed by atoms with E-state index >= 15 is 0 Å². The van der Waals surface area contributed by atoms with Crippen molar-refractivity contribution in [1.82, 2.24) is 0 Å². The Morgan fingerprint density at radius 3 is 2.41 bits per heavy atom. The second-order valence-electron chi connectivity index (χ2n) is 5.47. The Balaban J connectivity index is 1.69. The average molecular weight is 242 g/mol. The summed E-state index contributed by atoms with van der Waals surface area (Å²) in [5.74, 6) is -0.377. The molecule has 0 radical (unpaired) electrons. The van der Waals surface area contributed by atoms with Gasteiger partial charge in [0.05, 0.1) is 6.61 Å². The van der Waals surface area contributed by atoms with Gasteiger partial charge in [-0.3, -0.25) is 0 Å². The summed E-state index contributed by atoms with van der Waals surface area (Å²) in [7, 11) is 0. The molecule has 0 bridgehead atoms. The van der Waals surface area contributed by atoms with Gasteiger partial charge < -0.3 is 23.7 Å². The molecule has 3 atom stereocenters. The lowest BCUT2D eigenvalue weighted by molar-refractivity contribution is -0.188. The van der Waals surface area contributed by atoms with Crippen molar-refractivity contribution in [2.75, 3.05) is 6.61 Å². The van der Waals surface area contributed by atoms with Crippen molar-refractivity contribution in [3.63, 3.8) is 0 Å². The van der Waals surface area contributed by atoms with Crippen LogP contribution in [-0.4, -0.2) is 36.7 Å². The molecule has 0 unspecified atom stereocenters. The summed E-state index contributed by atoms with van der Waals surface area (Å²) >= 11 is 0. The summed E-state index contributed by atoms with van der Waals surface area (Å²) < 4.78 is 28.3. The Labute approximate surface area is 101 Å². The van der Waals surface area contributed by atoms with E-state index in [-0.39, 0.29) is 18.5 Å². The Morgan fingerprint density at radius 2 is 1.82 bits per heavy atom. The van der Waals surface area contributed by atoms with Crippen LogP contribution < -0.4 is 0 Å². The minimum absolute atomic E-state index is 0.146. The molecule has 96 valence electrons. The molecule has 5 nitrogen and oxygen atoms in total. The van der Waals surface area contributed by atoms with E-state index < -0.39 is 11.6 Å². The first-order chi connectivity index (χ1) is 7.85. The molecule has 0 amide bonds. The van der Waals surface area contributed by atoms with Crippen molar-refractivity contribution in [2.24, 2.45) is 0 Å². The lowest BCUT2D eigenvalue weighted by atomic mass is 10.2. The number of ether oxygens (including phenoxy) is 5. The Morgan fingerprint density at radius 1 is 1.06 bits per heavy atom. The summed E-state index contributed by atoms with van der Waals surface area (Å²) in [5.41, 5.74) is 0. The molecule has 2 saturated heterocycles. The number of rotatable bonds is 1. The van der Waals surface area contributed by atoms with Gasteiger partial charge >= 0.3 is 0 Å². The summed E-state index contributed by atoms with van der Waals surface area (Å²) in [4.78, 5) is 0. The van der Waals surface area contributed by atoms with Gasteiger partial charge in [-0.05, 0) is 33.8 Å². The zero-order valence-corrected chi connectivity index (χ0v) is 10.6. The van der Waals surface area contributed by atoms with Gasteiger partial charge in [0, 0.05) is 0 Å². The molecule has 0 saturated carbocycles. The lowest BCUT2D eigenvalue weighted by Crippen LogP contribution is -2.25. The maximum Gasteiger partial charge on any atom is 0.232 e. The molecule has 0 N–H and O–H groups in total. The van der Waals surface area contributed by atoms with Crippen LogP contribution in [0.15, 0.2) is 11.8 Å². The van der Waals surface area contributed by atoms with Crippen LogP contribution >= 0.6 is 0 Å². The van der Waals surface area contributed by atoms with Crippen molar-refractivity contribution in [1.29, 1.82) is 0 Å². The lowest BCUT2D eigenvalue weighted by Gasteiger charge is -2.20. The first kappa shape index (κ1) is 11.5. The van der Waals surface area contributed by atoms with E-state index in [0.29, 0.717) is 6.61 Å². The molecular formula is C12H18O5. The third kappa shape index (κ3) is 2.08. The van der Waals surface area contributed by atoms with Gasteiger partial charge in [-0.1, -0.05) is 0 Å². The van der Waals surface area contributed by atoms with Crippen LogP contribution in [0.2, 0.25) is 0 Å². The molecule has 5 heteroatoms. The smallest absolute Gasteiger partial charge is 0.232 e. The average Bonchev–Trinajstić information content (AvgIpc) is 2.75. The van der Waals surface area contributed by atoms with Crippen LogP contribution in [0.3, 0.4) is 0 Å². The van der Waals surface area contributed by atoms with Gasteiger partial charge in [0.25, 0.3) is 0 Å². The van der Waals surface area contributed by atoms with E-state index in [9.17, 15) is 0 Å². The second-order valence-corrected chi connectivity index (χ2v) is 5.47. The van der Waals surface area contributed by atoms with Gasteiger partial charge in [-0.2, -0.15) is 0 Å². The third-order valence-electron chi connectivity index (χ3n) is 2.99. The summed E-state index contributed by atoms with van der Waals surface area (Å²) in [5, 5.41) is 0. The summed E-state index contributed by atoms with van der Waals surface area (Å²) in [6.45, 7) is 8.03. The zero-order valence-electron chi connectivity index (χ0n) is 10.6. The molecular weight excluding hydrogens is 224 g/mol. The predicted molar refractivity (Wildman–Crippen MR) is 57.9 cm³/mol. The Kier molecular flexibility index (Phi) is 2.32. The Bertz CT molecular complexity index is 360. The molecule has 3 heterocycles. The van der Waals surface area contributed by atoms with E-state index in [2.05, 4.69) is 0 Å². The van der Waals surface area contributed by atoms with Gasteiger partial charge in [0.15, 0.2) is 11.6 Å². The standard InChI is InChI=1S/C12H18O5/c1-11(2)13-6-9(16-11)7-5-8-10(14-7)17-12(3,4)15-8/h5,8-10H,6H2,1-4H3/t8-,9-,10+/m0/s1. The fraction of sp³-hybridized carbons (Fsp3) is 0.833. The molecule has 0 spiro atoms. The first-order valence-corrected chi connectivity index (χ1v) is 5.90. The maximum absolute atomic E-state index is 5.72. The number of fused-ring (bicyclic) bond motifs is 1. The van der Waals surface area contributed by atoms with Crippen LogP contribution in [-0.2, 0) is 23.7 Å². The van der Waals surface area contributed by atoms with Crippen LogP contribution in [0.25, 0.3) is 0 Å². The highest BCUT2D eigenvalue weighted by Crippen LogP contribution is 2.38. The van der Waals surface area contributed by atoms with E-state index in [1.807, 2.05) is 33.8 Å². The van der Waals surface area contributed by atoms with Crippen molar-refractivity contribution in [3.8, 4) is 0 Å². The van der Waals surface area contributed by atoms with Gasteiger partial charge in [-0.25, -0.2) is 0 Å². The fourth-order valence-corrected chi connectivity index (χ4v) is 2.31. The molecule has 2 fully saturated rings. The van der Waals surface area contributed by atoms with Gasteiger partial charge in [0.1, 0.15) is 18.0 Å². The number of hydrogen-bond donors (Lipinski definition) is 0. The van der Waals surface area contributed by atoms with Crippen molar-refractivity contribution >= 4 is 0 Å². The monoisotopic (exact) mass is 242 g/mol. The summed E-state index contributed by atoms with van der Waals surface area (Å²) in [6, 6.07) is 0. The van der Waals surface area contributed by atoms with E-state index in [1.54, 1.807) is 0 Å². The van der Waals surface area contributed by atoms with Crippen LogP contribution in [0, 0.1) is 0 Å². The third-order valence-corrected chi connectivity index (χ3v) is 2.99. The van der Waals surface area contributed by atoms with Crippen molar-refractivity contribution < 1.29 is 23.7 Å². The molecule has 0 aromatic heterocycles. The first-order valence-electron chi connectivity index (χ1n) is 5.90. The predicted octanol–water partition coefficient (Wildman–Crippen LogP) is 1.53. The molecule has 0 aliphatic carbocycles. The van der Waals surface area contributed by atoms with Gasteiger partial charge in [-0.15, -0.1) is 0 Å². The SMILES string of the molecule is CC1(C)OC[C@@H](C2=C[C@@H]3OC(C)(C)O[C@H]3O2)O1. The zero-order chi connectivity index (χ0) is 12.3. The quantitative estimate of drug-likeness (QED) is 0.697. The molecule has 3 rings (SSSR count). The van der Waals surface area contributed by atoms with Gasteiger partial charge in [0.2, 0.25) is 6.29 Å². The Hall–Kier alpha value is -0.620. The van der Waals surface area contributed by atoms with E-state index in [0.717, 1.165) is 5.76 Å². The minimum Gasteiger partial charge on any atom is -0.463 e. The summed E-state index contributed by atoms with van der Waals surface area (Å²) in [6.07, 6.45) is 1.26. The molecule has 17 heavy (non-hydrogen) atoms. The highest BCUT2D eigenvalue weighted by atomic mass is 16.8. The number of hydrogen-bond acceptors (Lipinski definition) is 5. The van der Waals surface area contributed by atoms with Crippen molar-refractivity contribution in [2.45, 2.75) is 57.8 Å². The second kappa shape index (κ2) is 3.45. The molecule has 3 aliphatic heterocycles. The molecule has 3 aliphatic rings. The normalized spacial score (nSPS) is 42.1. The van der Waals surface area contributed by atoms with E-state index in [4.69, 9.17) is 23.7 Å². The van der Waals surface area contributed by atoms with Crippen molar-refractivity contribution in [3.05, 3.63) is 11.8 Å². The minimum atomic E-state index is -0.580.